The van der Waals surface area contributed by atoms with E-state index in [2.05, 4.69) is 4.90 Å². The van der Waals surface area contributed by atoms with Gasteiger partial charge in [-0.05, 0) is 53.1 Å². The molecule has 4 heteroatoms. The van der Waals surface area contributed by atoms with E-state index < -0.39 is 11.6 Å². The smallest absolute Gasteiger partial charge is 0.323 e. The van der Waals surface area contributed by atoms with Crippen molar-refractivity contribution in [2.24, 2.45) is 5.73 Å². The van der Waals surface area contributed by atoms with Crippen LogP contribution in [0.3, 0.4) is 0 Å². The van der Waals surface area contributed by atoms with Crippen LogP contribution in [0.15, 0.2) is 0 Å². The van der Waals surface area contributed by atoms with Crippen LogP contribution in [0.25, 0.3) is 0 Å². The second-order valence-electron chi connectivity index (χ2n) is 5.48. The zero-order valence-corrected chi connectivity index (χ0v) is 10.7. The molecule has 1 atom stereocenters. The lowest BCUT2D eigenvalue weighted by Gasteiger charge is -2.23. The molecule has 1 rings (SSSR count). The van der Waals surface area contributed by atoms with Crippen molar-refractivity contribution in [2.75, 3.05) is 19.6 Å². The molecule has 1 aliphatic heterocycles. The summed E-state index contributed by atoms with van der Waals surface area (Å²) in [7, 11) is 0. The highest BCUT2D eigenvalue weighted by atomic mass is 16.6. The Hall–Kier alpha value is -0.610. The Bertz CT molecular complexity index is 230. The number of hydrogen-bond acceptors (Lipinski definition) is 4. The normalized spacial score (nSPS) is 19.8. The van der Waals surface area contributed by atoms with Gasteiger partial charge in [0.25, 0.3) is 0 Å². The van der Waals surface area contributed by atoms with Crippen molar-refractivity contribution < 1.29 is 9.53 Å². The molecule has 1 saturated heterocycles. The fourth-order valence-corrected chi connectivity index (χ4v) is 1.82. The van der Waals surface area contributed by atoms with Crippen molar-refractivity contribution in [3.63, 3.8) is 0 Å². The summed E-state index contributed by atoms with van der Waals surface area (Å²) in [6.07, 6.45) is 3.22. The molecule has 1 heterocycles. The molecule has 0 aromatic heterocycles. The summed E-state index contributed by atoms with van der Waals surface area (Å²) < 4.78 is 5.23. The summed E-state index contributed by atoms with van der Waals surface area (Å²) in [6.45, 7) is 8.76. The summed E-state index contributed by atoms with van der Waals surface area (Å²) in [6, 6.07) is -0.486. The molecule has 1 aliphatic rings. The van der Waals surface area contributed by atoms with Gasteiger partial charge in [-0.3, -0.25) is 4.79 Å². The van der Waals surface area contributed by atoms with Crippen LogP contribution in [0, 0.1) is 0 Å². The molecule has 94 valence electrons. The Morgan fingerprint density at radius 1 is 1.38 bits per heavy atom. The molecule has 1 fully saturated rings. The van der Waals surface area contributed by atoms with Gasteiger partial charge in [0.2, 0.25) is 0 Å². The third-order valence-electron chi connectivity index (χ3n) is 2.66. The van der Waals surface area contributed by atoms with Gasteiger partial charge >= 0.3 is 5.97 Å². The van der Waals surface area contributed by atoms with Gasteiger partial charge in [-0.1, -0.05) is 0 Å². The zero-order chi connectivity index (χ0) is 12.2. The Morgan fingerprint density at radius 3 is 2.44 bits per heavy atom. The van der Waals surface area contributed by atoms with Gasteiger partial charge in [-0.25, -0.2) is 0 Å². The molecule has 1 unspecified atom stereocenters. The molecule has 2 N–H and O–H groups in total. The van der Waals surface area contributed by atoms with Gasteiger partial charge in [-0.2, -0.15) is 0 Å². The topological polar surface area (TPSA) is 55.6 Å². The fraction of sp³-hybridized carbons (Fsp3) is 0.917. The molecule has 0 aromatic rings. The van der Waals surface area contributed by atoms with Crippen LogP contribution in [0.5, 0.6) is 0 Å². The van der Waals surface area contributed by atoms with E-state index in [1.54, 1.807) is 0 Å². The van der Waals surface area contributed by atoms with Crippen LogP contribution in [0.1, 0.15) is 40.0 Å². The molecule has 0 aliphatic carbocycles. The van der Waals surface area contributed by atoms with Crippen LogP contribution in [-0.4, -0.2) is 42.1 Å². The number of esters is 1. The monoisotopic (exact) mass is 228 g/mol. The minimum atomic E-state index is -0.486. The third-order valence-corrected chi connectivity index (χ3v) is 2.66. The number of carbonyl (C=O) groups is 1. The first-order valence-corrected chi connectivity index (χ1v) is 6.09. The fourth-order valence-electron chi connectivity index (χ4n) is 1.82. The molecule has 0 radical (unpaired) electrons. The van der Waals surface area contributed by atoms with Gasteiger partial charge in [0, 0.05) is 6.54 Å². The summed E-state index contributed by atoms with van der Waals surface area (Å²) in [5.74, 6) is -0.285. The second kappa shape index (κ2) is 5.64. The predicted octanol–water partition coefficient (Wildman–Crippen LogP) is 1.14. The highest BCUT2D eigenvalue weighted by Crippen LogP contribution is 2.11. The van der Waals surface area contributed by atoms with Gasteiger partial charge in [-0.15, -0.1) is 0 Å². The average molecular weight is 228 g/mol. The lowest BCUT2D eigenvalue weighted by atomic mass is 10.1. The largest absolute Gasteiger partial charge is 0.459 e. The number of likely N-dealkylation sites (tertiary alicyclic amines) is 1. The number of ether oxygens (including phenoxy) is 1. The average Bonchev–Trinajstić information content (AvgIpc) is 2.63. The zero-order valence-electron chi connectivity index (χ0n) is 10.7. The summed E-state index contributed by atoms with van der Waals surface area (Å²) >= 11 is 0. The van der Waals surface area contributed by atoms with Gasteiger partial charge in [0.15, 0.2) is 0 Å². The van der Waals surface area contributed by atoms with E-state index in [4.69, 9.17) is 10.5 Å². The van der Waals surface area contributed by atoms with Crippen molar-refractivity contribution in [3.05, 3.63) is 0 Å². The molecular formula is C12H24N2O2. The number of nitrogens with zero attached hydrogens (tertiary/aromatic N) is 1. The van der Waals surface area contributed by atoms with E-state index in [0.29, 0.717) is 6.42 Å². The van der Waals surface area contributed by atoms with E-state index >= 15 is 0 Å². The predicted molar refractivity (Wildman–Crippen MR) is 64.1 cm³/mol. The molecule has 16 heavy (non-hydrogen) atoms. The number of rotatable bonds is 4. The van der Waals surface area contributed by atoms with Gasteiger partial charge in [0.1, 0.15) is 11.6 Å². The number of carbonyl (C=O) groups excluding carboxylic acids is 1. The minimum Gasteiger partial charge on any atom is -0.459 e. The van der Waals surface area contributed by atoms with E-state index in [1.165, 1.54) is 12.8 Å². The maximum Gasteiger partial charge on any atom is 0.323 e. The van der Waals surface area contributed by atoms with Crippen LogP contribution < -0.4 is 5.73 Å². The Labute approximate surface area is 98.1 Å². The van der Waals surface area contributed by atoms with Gasteiger partial charge < -0.3 is 15.4 Å². The Kier molecular flexibility index (Phi) is 4.74. The Balaban J connectivity index is 2.23. The first kappa shape index (κ1) is 13.5. The van der Waals surface area contributed by atoms with Crippen LogP contribution in [0.2, 0.25) is 0 Å². The second-order valence-corrected chi connectivity index (χ2v) is 5.48. The Morgan fingerprint density at radius 2 is 1.94 bits per heavy atom. The lowest BCUT2D eigenvalue weighted by Crippen LogP contribution is -2.39. The van der Waals surface area contributed by atoms with Crippen molar-refractivity contribution in [1.29, 1.82) is 0 Å². The quantitative estimate of drug-likeness (QED) is 0.733. The first-order valence-electron chi connectivity index (χ1n) is 6.09. The van der Waals surface area contributed by atoms with Crippen molar-refractivity contribution >= 4 is 5.97 Å². The van der Waals surface area contributed by atoms with Crippen molar-refractivity contribution in [3.8, 4) is 0 Å². The minimum absolute atomic E-state index is 0.285. The lowest BCUT2D eigenvalue weighted by molar-refractivity contribution is -0.156. The van der Waals surface area contributed by atoms with E-state index in [1.807, 2.05) is 20.8 Å². The van der Waals surface area contributed by atoms with E-state index in [9.17, 15) is 4.79 Å². The molecule has 4 nitrogen and oxygen atoms in total. The van der Waals surface area contributed by atoms with Crippen LogP contribution in [-0.2, 0) is 9.53 Å². The maximum atomic E-state index is 11.6. The highest BCUT2D eigenvalue weighted by Gasteiger charge is 2.23. The SMILES string of the molecule is CC(C)(C)OC(=O)C(N)CCN1CCCC1. The van der Waals surface area contributed by atoms with Gasteiger partial charge in [0.05, 0.1) is 0 Å². The third kappa shape index (κ3) is 4.94. The molecule has 0 spiro atoms. The molecule has 0 aromatic carbocycles. The van der Waals surface area contributed by atoms with Crippen LogP contribution in [0.4, 0.5) is 0 Å². The highest BCUT2D eigenvalue weighted by molar-refractivity contribution is 5.75. The maximum absolute atomic E-state index is 11.6. The summed E-state index contributed by atoms with van der Waals surface area (Å²) in [5, 5.41) is 0. The number of nitrogens with two attached hydrogens (primary N) is 1. The molecule has 0 bridgehead atoms. The van der Waals surface area contributed by atoms with E-state index in [0.717, 1.165) is 19.6 Å². The summed E-state index contributed by atoms with van der Waals surface area (Å²) in [5.41, 5.74) is 5.36. The van der Waals surface area contributed by atoms with Crippen LogP contribution >= 0.6 is 0 Å². The molecular weight excluding hydrogens is 204 g/mol. The first-order chi connectivity index (χ1) is 7.38. The van der Waals surface area contributed by atoms with Crippen molar-refractivity contribution in [2.45, 2.75) is 51.7 Å². The summed E-state index contributed by atoms with van der Waals surface area (Å²) in [4.78, 5) is 13.9. The van der Waals surface area contributed by atoms with Crippen molar-refractivity contribution in [1.82, 2.24) is 4.90 Å². The molecule has 0 amide bonds. The standard InChI is InChI=1S/C12H24N2O2/c1-12(2,3)16-11(15)10(13)6-9-14-7-4-5-8-14/h10H,4-9,13H2,1-3H3. The number of hydrogen-bond donors (Lipinski definition) is 1. The molecule has 0 saturated carbocycles. The van der Waals surface area contributed by atoms with E-state index in [-0.39, 0.29) is 5.97 Å².